The molecule has 4 heteroatoms. The molecular weight excluding hydrogens is 599 g/mol. The molecule has 0 N–H and O–H groups in total. The van der Waals surface area contributed by atoms with E-state index >= 15 is 0 Å². The van der Waals surface area contributed by atoms with E-state index in [0.29, 0.717) is 17.5 Å². The molecule has 0 atom stereocenters. The van der Waals surface area contributed by atoms with Gasteiger partial charge in [0, 0.05) is 33.0 Å². The molecule has 2 heterocycles. The third kappa shape index (κ3) is 5.35. The highest BCUT2D eigenvalue weighted by Crippen LogP contribution is 2.41. The van der Waals surface area contributed by atoms with Gasteiger partial charge in [0.25, 0.3) is 0 Å². The summed E-state index contributed by atoms with van der Waals surface area (Å²) in [6.07, 6.45) is 0. The molecular formula is C45H29N3O. The van der Waals surface area contributed by atoms with E-state index in [-0.39, 0.29) is 0 Å². The Labute approximate surface area is 284 Å². The number of aromatic nitrogens is 3. The fourth-order valence-corrected chi connectivity index (χ4v) is 6.52. The van der Waals surface area contributed by atoms with Crippen LogP contribution >= 0.6 is 0 Å². The number of hydrogen-bond donors (Lipinski definition) is 0. The van der Waals surface area contributed by atoms with Crippen molar-refractivity contribution in [2.45, 2.75) is 0 Å². The second-order valence-electron chi connectivity index (χ2n) is 12.0. The van der Waals surface area contributed by atoms with Gasteiger partial charge in [-0.15, -0.1) is 0 Å². The van der Waals surface area contributed by atoms with Crippen LogP contribution in [-0.4, -0.2) is 15.0 Å². The second-order valence-corrected chi connectivity index (χ2v) is 12.0. The fraction of sp³-hybridized carbons (Fsp3) is 0. The van der Waals surface area contributed by atoms with Crippen molar-refractivity contribution < 1.29 is 4.42 Å². The van der Waals surface area contributed by atoms with Crippen molar-refractivity contribution >= 4 is 21.9 Å². The zero-order valence-electron chi connectivity index (χ0n) is 26.5. The number of furan rings is 1. The largest absolute Gasteiger partial charge is 0.455 e. The van der Waals surface area contributed by atoms with Gasteiger partial charge in [0.05, 0.1) is 0 Å². The van der Waals surface area contributed by atoms with E-state index in [1.54, 1.807) is 0 Å². The molecule has 0 amide bonds. The van der Waals surface area contributed by atoms with Crippen LogP contribution in [0.25, 0.3) is 89.5 Å². The zero-order valence-corrected chi connectivity index (χ0v) is 26.5. The van der Waals surface area contributed by atoms with Crippen LogP contribution < -0.4 is 0 Å². The SMILES string of the molecule is c1ccc(-c2ccc(-c3nc(-c4cccc(-c5ccccc5)c4)nc(-c4ccc(-c5ccccc5)c5oc6ccccc6c45)n3)cc2)cc1. The number of benzene rings is 7. The first-order valence-corrected chi connectivity index (χ1v) is 16.4. The summed E-state index contributed by atoms with van der Waals surface area (Å²) in [6.45, 7) is 0. The molecule has 9 rings (SSSR count). The third-order valence-corrected chi connectivity index (χ3v) is 8.97. The molecule has 230 valence electrons. The van der Waals surface area contributed by atoms with E-state index < -0.39 is 0 Å². The summed E-state index contributed by atoms with van der Waals surface area (Å²) in [5, 5.41) is 2.00. The summed E-state index contributed by atoms with van der Waals surface area (Å²) < 4.78 is 6.58. The van der Waals surface area contributed by atoms with Crippen LogP contribution in [0.15, 0.2) is 180 Å². The van der Waals surface area contributed by atoms with Gasteiger partial charge in [-0.2, -0.15) is 0 Å². The molecule has 0 aliphatic carbocycles. The first-order chi connectivity index (χ1) is 24.3. The number of hydrogen-bond acceptors (Lipinski definition) is 4. The van der Waals surface area contributed by atoms with Gasteiger partial charge >= 0.3 is 0 Å². The van der Waals surface area contributed by atoms with Crippen molar-refractivity contribution in [3.63, 3.8) is 0 Å². The second kappa shape index (κ2) is 12.2. The van der Waals surface area contributed by atoms with Crippen LogP contribution in [0.4, 0.5) is 0 Å². The predicted molar refractivity (Wildman–Crippen MR) is 200 cm³/mol. The highest BCUT2D eigenvalue weighted by atomic mass is 16.3. The lowest BCUT2D eigenvalue weighted by molar-refractivity contribution is 0.670. The summed E-state index contributed by atoms with van der Waals surface area (Å²) in [5.41, 5.74) is 11.0. The Kier molecular flexibility index (Phi) is 7.10. The summed E-state index contributed by atoms with van der Waals surface area (Å²) in [6, 6.07) is 60.3. The molecule has 0 saturated heterocycles. The van der Waals surface area contributed by atoms with Crippen LogP contribution in [0.5, 0.6) is 0 Å². The van der Waals surface area contributed by atoms with Crippen molar-refractivity contribution in [2.75, 3.05) is 0 Å². The minimum absolute atomic E-state index is 0.591. The van der Waals surface area contributed by atoms with Crippen LogP contribution in [0.2, 0.25) is 0 Å². The minimum atomic E-state index is 0.591. The summed E-state index contributed by atoms with van der Waals surface area (Å²) in [5.74, 6) is 1.81. The molecule has 0 aliphatic heterocycles. The quantitative estimate of drug-likeness (QED) is 0.184. The highest BCUT2D eigenvalue weighted by Gasteiger charge is 2.20. The van der Waals surface area contributed by atoms with Gasteiger partial charge in [-0.3, -0.25) is 0 Å². The van der Waals surface area contributed by atoms with Gasteiger partial charge in [0.1, 0.15) is 11.2 Å². The van der Waals surface area contributed by atoms with E-state index in [4.69, 9.17) is 19.4 Å². The molecule has 2 aromatic heterocycles. The molecule has 0 bridgehead atoms. The van der Waals surface area contributed by atoms with Gasteiger partial charge in [-0.05, 0) is 52.1 Å². The number of fused-ring (bicyclic) bond motifs is 3. The average Bonchev–Trinajstić information content (AvgIpc) is 3.58. The Balaban J connectivity index is 1.26. The maximum absolute atomic E-state index is 6.58. The lowest BCUT2D eigenvalue weighted by Gasteiger charge is -2.12. The monoisotopic (exact) mass is 627 g/mol. The lowest BCUT2D eigenvalue weighted by atomic mass is 9.98. The molecule has 4 nitrogen and oxygen atoms in total. The van der Waals surface area contributed by atoms with Crippen LogP contribution in [0, 0.1) is 0 Å². The van der Waals surface area contributed by atoms with Crippen LogP contribution in [0.3, 0.4) is 0 Å². The summed E-state index contributed by atoms with van der Waals surface area (Å²) >= 11 is 0. The lowest BCUT2D eigenvalue weighted by Crippen LogP contribution is -2.01. The van der Waals surface area contributed by atoms with Crippen molar-refractivity contribution in [3.05, 3.63) is 176 Å². The number of para-hydroxylation sites is 1. The Bertz CT molecular complexity index is 2580. The molecule has 0 radical (unpaired) electrons. The van der Waals surface area contributed by atoms with E-state index in [0.717, 1.165) is 72.0 Å². The molecule has 0 fully saturated rings. The maximum Gasteiger partial charge on any atom is 0.164 e. The first-order valence-electron chi connectivity index (χ1n) is 16.4. The predicted octanol–water partition coefficient (Wildman–Crippen LogP) is 11.8. The zero-order chi connectivity index (χ0) is 32.6. The standard InChI is InChI=1S/C45H29N3O/c1-4-13-30(14-5-1)32-23-25-34(26-24-32)43-46-44(36-20-12-19-35(29-36)31-15-6-2-7-16-31)48-45(47-43)39-28-27-37(33-17-8-3-9-18-33)42-41(39)38-21-10-11-22-40(38)49-42/h1-29H. The van der Waals surface area contributed by atoms with E-state index in [1.807, 2.05) is 36.4 Å². The van der Waals surface area contributed by atoms with Gasteiger partial charge in [0.15, 0.2) is 17.5 Å². The smallest absolute Gasteiger partial charge is 0.164 e. The molecule has 0 saturated carbocycles. The number of rotatable bonds is 6. The number of nitrogens with zero attached hydrogens (tertiary/aromatic N) is 3. The van der Waals surface area contributed by atoms with E-state index in [9.17, 15) is 0 Å². The van der Waals surface area contributed by atoms with Crippen molar-refractivity contribution in [2.24, 2.45) is 0 Å². The Morgan fingerprint density at radius 3 is 1.53 bits per heavy atom. The van der Waals surface area contributed by atoms with Crippen molar-refractivity contribution in [1.82, 2.24) is 15.0 Å². The molecule has 7 aromatic carbocycles. The Hall–Kier alpha value is -6.65. The van der Waals surface area contributed by atoms with Gasteiger partial charge in [-0.25, -0.2) is 15.0 Å². The first kappa shape index (κ1) is 28.6. The van der Waals surface area contributed by atoms with E-state index in [2.05, 4.69) is 140 Å². The molecule has 0 unspecified atom stereocenters. The average molecular weight is 628 g/mol. The van der Waals surface area contributed by atoms with Crippen molar-refractivity contribution in [1.29, 1.82) is 0 Å². The Morgan fingerprint density at radius 2 is 0.816 bits per heavy atom. The Morgan fingerprint density at radius 1 is 0.327 bits per heavy atom. The van der Waals surface area contributed by atoms with Crippen LogP contribution in [0.1, 0.15) is 0 Å². The highest BCUT2D eigenvalue weighted by molar-refractivity contribution is 6.15. The van der Waals surface area contributed by atoms with Crippen LogP contribution in [-0.2, 0) is 0 Å². The van der Waals surface area contributed by atoms with Gasteiger partial charge in [-0.1, -0.05) is 152 Å². The minimum Gasteiger partial charge on any atom is -0.455 e. The van der Waals surface area contributed by atoms with Gasteiger partial charge < -0.3 is 4.42 Å². The fourth-order valence-electron chi connectivity index (χ4n) is 6.52. The topological polar surface area (TPSA) is 51.8 Å². The van der Waals surface area contributed by atoms with Crippen molar-refractivity contribution in [3.8, 4) is 67.5 Å². The van der Waals surface area contributed by atoms with Gasteiger partial charge in [0.2, 0.25) is 0 Å². The molecule has 49 heavy (non-hydrogen) atoms. The molecule has 9 aromatic rings. The third-order valence-electron chi connectivity index (χ3n) is 8.97. The van der Waals surface area contributed by atoms with E-state index in [1.165, 1.54) is 0 Å². The maximum atomic E-state index is 6.58. The molecule has 0 spiro atoms. The summed E-state index contributed by atoms with van der Waals surface area (Å²) in [7, 11) is 0. The molecule has 0 aliphatic rings. The summed E-state index contributed by atoms with van der Waals surface area (Å²) in [4.78, 5) is 15.4. The normalized spacial score (nSPS) is 11.3.